The molecular formula is C13H15BrN2O3. The molecule has 102 valence electrons. The summed E-state index contributed by atoms with van der Waals surface area (Å²) in [5.74, 6) is 0.249. The molecule has 1 aliphatic rings. The van der Waals surface area contributed by atoms with Gasteiger partial charge >= 0.3 is 0 Å². The molecule has 5 nitrogen and oxygen atoms in total. The number of hydrogen-bond acceptors (Lipinski definition) is 4. The number of carbonyl (C=O) groups is 2. The third-order valence-electron chi connectivity index (χ3n) is 2.98. The normalized spacial score (nSPS) is 20.2. The Morgan fingerprint density at radius 2 is 2.26 bits per heavy atom. The average molecular weight is 327 g/mol. The zero-order chi connectivity index (χ0) is 13.8. The first-order valence-corrected chi connectivity index (χ1v) is 6.81. The van der Waals surface area contributed by atoms with Gasteiger partial charge in [0, 0.05) is 11.0 Å². The van der Waals surface area contributed by atoms with E-state index < -0.39 is 0 Å². The number of amides is 2. The Kier molecular flexibility index (Phi) is 4.55. The number of halogens is 1. The van der Waals surface area contributed by atoms with Gasteiger partial charge in [-0.25, -0.2) is 0 Å². The third kappa shape index (κ3) is 3.78. The van der Waals surface area contributed by atoms with E-state index in [0.29, 0.717) is 13.2 Å². The first kappa shape index (κ1) is 14.0. The minimum atomic E-state index is -0.302. The second kappa shape index (κ2) is 6.16. The van der Waals surface area contributed by atoms with Crippen molar-refractivity contribution in [1.29, 1.82) is 0 Å². The van der Waals surface area contributed by atoms with Gasteiger partial charge in [-0.05, 0) is 25.1 Å². The highest BCUT2D eigenvalue weighted by Crippen LogP contribution is 2.17. The molecule has 1 atom stereocenters. The van der Waals surface area contributed by atoms with Crippen molar-refractivity contribution in [3.05, 3.63) is 28.7 Å². The van der Waals surface area contributed by atoms with Gasteiger partial charge in [0.2, 0.25) is 11.8 Å². The van der Waals surface area contributed by atoms with Gasteiger partial charge in [-0.2, -0.15) is 0 Å². The summed E-state index contributed by atoms with van der Waals surface area (Å²) in [5.41, 5.74) is 0. The Morgan fingerprint density at radius 1 is 1.47 bits per heavy atom. The van der Waals surface area contributed by atoms with E-state index in [1.807, 2.05) is 24.3 Å². The number of benzene rings is 1. The zero-order valence-corrected chi connectivity index (χ0v) is 12.1. The van der Waals surface area contributed by atoms with Crippen LogP contribution in [0.25, 0.3) is 0 Å². The maximum Gasteiger partial charge on any atom is 0.243 e. The van der Waals surface area contributed by atoms with Crippen LogP contribution in [0.3, 0.4) is 0 Å². The highest BCUT2D eigenvalue weighted by atomic mass is 79.9. The fourth-order valence-corrected chi connectivity index (χ4v) is 2.26. The molecule has 1 N–H and O–H groups in total. The first-order chi connectivity index (χ1) is 9.06. The summed E-state index contributed by atoms with van der Waals surface area (Å²) in [4.78, 5) is 24.6. The Bertz CT molecular complexity index is 493. The first-order valence-electron chi connectivity index (χ1n) is 6.02. The molecule has 1 unspecified atom stereocenters. The van der Waals surface area contributed by atoms with E-state index in [1.165, 1.54) is 0 Å². The summed E-state index contributed by atoms with van der Waals surface area (Å²) in [6.07, 6.45) is 0. The minimum Gasteiger partial charge on any atom is -0.492 e. The van der Waals surface area contributed by atoms with Crippen LogP contribution in [0.5, 0.6) is 5.75 Å². The lowest BCUT2D eigenvalue weighted by atomic mass is 10.2. The fraction of sp³-hybridized carbons (Fsp3) is 0.385. The van der Waals surface area contributed by atoms with Gasteiger partial charge in [0.25, 0.3) is 0 Å². The van der Waals surface area contributed by atoms with Gasteiger partial charge in [0.1, 0.15) is 12.4 Å². The van der Waals surface area contributed by atoms with Crippen LogP contribution in [0.2, 0.25) is 0 Å². The summed E-state index contributed by atoms with van der Waals surface area (Å²) >= 11 is 3.37. The molecule has 0 spiro atoms. The highest BCUT2D eigenvalue weighted by Gasteiger charge is 2.29. The molecule has 0 saturated carbocycles. The van der Waals surface area contributed by atoms with Gasteiger partial charge in [-0.15, -0.1) is 0 Å². The summed E-state index contributed by atoms with van der Waals surface area (Å²) in [5, 5.41) is 2.31. The molecule has 2 rings (SSSR count). The van der Waals surface area contributed by atoms with E-state index in [9.17, 15) is 9.59 Å². The molecule has 1 fully saturated rings. The van der Waals surface area contributed by atoms with Crippen molar-refractivity contribution in [3.8, 4) is 5.75 Å². The largest absolute Gasteiger partial charge is 0.492 e. The summed E-state index contributed by atoms with van der Waals surface area (Å²) < 4.78 is 6.54. The molecule has 1 aromatic carbocycles. The van der Waals surface area contributed by atoms with Crippen molar-refractivity contribution < 1.29 is 14.3 Å². The summed E-state index contributed by atoms with van der Waals surface area (Å²) in [6, 6.07) is 7.24. The minimum absolute atomic E-state index is 0.231. The van der Waals surface area contributed by atoms with E-state index in [4.69, 9.17) is 4.74 Å². The van der Waals surface area contributed by atoms with Crippen LogP contribution < -0.4 is 10.1 Å². The smallest absolute Gasteiger partial charge is 0.243 e. The van der Waals surface area contributed by atoms with Crippen LogP contribution in [0.4, 0.5) is 0 Å². The maximum absolute atomic E-state index is 11.5. The van der Waals surface area contributed by atoms with Crippen molar-refractivity contribution in [2.24, 2.45) is 0 Å². The van der Waals surface area contributed by atoms with E-state index in [2.05, 4.69) is 21.2 Å². The Morgan fingerprint density at radius 3 is 3.00 bits per heavy atom. The van der Waals surface area contributed by atoms with Crippen molar-refractivity contribution in [2.75, 3.05) is 19.7 Å². The van der Waals surface area contributed by atoms with Crippen molar-refractivity contribution in [1.82, 2.24) is 10.2 Å². The van der Waals surface area contributed by atoms with Crippen LogP contribution in [-0.2, 0) is 9.59 Å². The number of rotatable bonds is 4. The molecule has 1 aromatic rings. The number of carbonyl (C=O) groups excluding carboxylic acids is 2. The number of piperazine rings is 1. The lowest BCUT2D eigenvalue weighted by Crippen LogP contribution is -2.57. The monoisotopic (exact) mass is 326 g/mol. The summed E-state index contributed by atoms with van der Waals surface area (Å²) in [6.45, 7) is 2.98. The molecule has 0 bridgehead atoms. The average Bonchev–Trinajstić information content (AvgIpc) is 2.35. The second-order valence-electron chi connectivity index (χ2n) is 4.36. The molecule has 6 heteroatoms. The Labute approximate surface area is 120 Å². The molecule has 0 radical (unpaired) electrons. The van der Waals surface area contributed by atoms with Gasteiger partial charge in [-0.1, -0.05) is 22.0 Å². The molecule has 2 amide bonds. The second-order valence-corrected chi connectivity index (χ2v) is 5.28. The van der Waals surface area contributed by atoms with Gasteiger partial charge in [0.05, 0.1) is 12.6 Å². The van der Waals surface area contributed by atoms with Crippen molar-refractivity contribution >= 4 is 27.7 Å². The Balaban J connectivity index is 1.85. The molecule has 1 saturated heterocycles. The molecule has 0 aromatic heterocycles. The van der Waals surface area contributed by atoms with E-state index in [-0.39, 0.29) is 24.4 Å². The van der Waals surface area contributed by atoms with Crippen LogP contribution >= 0.6 is 15.9 Å². The van der Waals surface area contributed by atoms with E-state index in [1.54, 1.807) is 11.8 Å². The van der Waals surface area contributed by atoms with Crippen LogP contribution in [0.15, 0.2) is 28.7 Å². The molecule has 1 heterocycles. The molecule has 1 aliphatic heterocycles. The summed E-state index contributed by atoms with van der Waals surface area (Å²) in [7, 11) is 0. The van der Waals surface area contributed by atoms with Crippen molar-refractivity contribution in [2.45, 2.75) is 13.0 Å². The number of imide groups is 1. The quantitative estimate of drug-likeness (QED) is 0.844. The fourth-order valence-electron chi connectivity index (χ4n) is 1.88. The van der Waals surface area contributed by atoms with Gasteiger partial charge in [-0.3, -0.25) is 19.8 Å². The SMILES string of the molecule is CC1C(=O)NC(=O)CN1CCOc1cccc(Br)c1. The van der Waals surface area contributed by atoms with Crippen LogP contribution in [0.1, 0.15) is 6.92 Å². The zero-order valence-electron chi connectivity index (χ0n) is 10.6. The molecule has 19 heavy (non-hydrogen) atoms. The van der Waals surface area contributed by atoms with E-state index >= 15 is 0 Å². The standard InChI is InChI=1S/C13H15BrN2O3/c1-9-13(18)15-12(17)8-16(9)5-6-19-11-4-2-3-10(14)7-11/h2-4,7,9H,5-6,8H2,1H3,(H,15,17,18). The molecule has 0 aliphatic carbocycles. The molecular weight excluding hydrogens is 312 g/mol. The van der Waals surface area contributed by atoms with Crippen LogP contribution in [0, 0.1) is 0 Å². The topological polar surface area (TPSA) is 58.6 Å². The number of ether oxygens (including phenoxy) is 1. The Hall–Kier alpha value is -1.40. The predicted octanol–water partition coefficient (Wildman–Crippen LogP) is 1.17. The number of nitrogens with zero attached hydrogens (tertiary/aromatic N) is 1. The van der Waals surface area contributed by atoms with E-state index in [0.717, 1.165) is 10.2 Å². The predicted molar refractivity (Wildman–Crippen MR) is 73.8 cm³/mol. The number of nitrogens with one attached hydrogen (secondary N) is 1. The van der Waals surface area contributed by atoms with Gasteiger partial charge in [0.15, 0.2) is 0 Å². The highest BCUT2D eigenvalue weighted by molar-refractivity contribution is 9.10. The van der Waals surface area contributed by atoms with Crippen molar-refractivity contribution in [3.63, 3.8) is 0 Å². The maximum atomic E-state index is 11.5. The lowest BCUT2D eigenvalue weighted by Gasteiger charge is -2.31. The van der Waals surface area contributed by atoms with Crippen LogP contribution in [-0.4, -0.2) is 42.5 Å². The number of hydrogen-bond donors (Lipinski definition) is 1. The lowest BCUT2D eigenvalue weighted by molar-refractivity contribution is -0.139. The third-order valence-corrected chi connectivity index (χ3v) is 3.47. The van der Waals surface area contributed by atoms with Gasteiger partial charge < -0.3 is 4.74 Å².